The van der Waals surface area contributed by atoms with E-state index in [0.29, 0.717) is 0 Å². The molecule has 0 unspecified atom stereocenters. The first-order chi connectivity index (χ1) is 3.93. The van der Waals surface area contributed by atoms with Crippen LogP contribution in [0.3, 0.4) is 0 Å². The van der Waals surface area contributed by atoms with Gasteiger partial charge < -0.3 is 0 Å². The van der Waals surface area contributed by atoms with E-state index in [2.05, 4.69) is 24.3 Å². The van der Waals surface area contributed by atoms with Crippen molar-refractivity contribution in [2.24, 2.45) is 0 Å². The summed E-state index contributed by atoms with van der Waals surface area (Å²) >= 11 is 1.43. The molecule has 0 nitrogen and oxygen atoms in total. The van der Waals surface area contributed by atoms with Gasteiger partial charge in [-0.2, -0.15) is 0 Å². The molecule has 8 heavy (non-hydrogen) atoms. The molecule has 38 valence electrons. The van der Waals surface area contributed by atoms with Gasteiger partial charge in [-0.25, -0.2) is 0 Å². The molecule has 0 saturated carbocycles. The van der Waals surface area contributed by atoms with Crippen LogP contribution in [0.2, 0.25) is 0 Å². The van der Waals surface area contributed by atoms with Crippen LogP contribution in [0.1, 0.15) is 0 Å². The van der Waals surface area contributed by atoms with E-state index < -0.39 is 0 Å². The van der Waals surface area contributed by atoms with E-state index >= 15 is 0 Å². The van der Waals surface area contributed by atoms with E-state index in [1.54, 1.807) is 0 Å². The van der Waals surface area contributed by atoms with Crippen molar-refractivity contribution in [3.05, 3.63) is 30.3 Å². The van der Waals surface area contributed by atoms with Gasteiger partial charge in [-0.3, -0.25) is 0 Å². The molecular formula is C6H5PTa+. The molecule has 0 atom stereocenters. The molecule has 0 aromatic heterocycles. The molecule has 1 rings (SSSR count). The van der Waals surface area contributed by atoms with E-state index in [4.69, 9.17) is 0 Å². The number of benzene rings is 1. The maximum atomic E-state index is 2.15. The van der Waals surface area contributed by atoms with Crippen molar-refractivity contribution in [3.8, 4) is 0 Å². The van der Waals surface area contributed by atoms with Crippen LogP contribution in [-0.4, -0.2) is 0 Å². The number of hydrogen-bond acceptors (Lipinski definition) is 0. The van der Waals surface area contributed by atoms with Crippen LogP contribution < -0.4 is 5.30 Å². The van der Waals surface area contributed by atoms with Crippen LogP contribution >= 0.6 is 5.79 Å². The summed E-state index contributed by atoms with van der Waals surface area (Å²) in [6, 6.07) is 10.5. The first-order valence-corrected chi connectivity index (χ1v) is 7.49. The Balaban J connectivity index is 3.05. The normalized spacial score (nSPS) is 8.38. The van der Waals surface area contributed by atoms with Gasteiger partial charge >= 0.3 is 61.2 Å². The van der Waals surface area contributed by atoms with Gasteiger partial charge in [0.15, 0.2) is 0 Å². The maximum absolute atomic E-state index is 2.15. The molecular weight excluding hydrogens is 284 g/mol. The standard InChI is InChI=1S/C6H5P.Ta/c7-6-4-2-1-3-5-6;/h1-5H;/q+1;. The van der Waals surface area contributed by atoms with Crippen molar-refractivity contribution in [2.45, 2.75) is 0 Å². The summed E-state index contributed by atoms with van der Waals surface area (Å²) in [6.07, 6.45) is 0. The average molecular weight is 289 g/mol. The summed E-state index contributed by atoms with van der Waals surface area (Å²) in [5, 5.41) is 1.43. The minimum absolute atomic E-state index is 1.43. The Kier molecular flexibility index (Phi) is 2.78. The van der Waals surface area contributed by atoms with Crippen LogP contribution in [0.25, 0.3) is 0 Å². The fourth-order valence-electron chi connectivity index (χ4n) is 0.495. The van der Waals surface area contributed by atoms with Crippen molar-refractivity contribution in [2.75, 3.05) is 0 Å². The van der Waals surface area contributed by atoms with Gasteiger partial charge in [0.1, 0.15) is 0 Å². The molecule has 0 aliphatic carbocycles. The number of rotatable bonds is 0. The Labute approximate surface area is 61.4 Å². The molecule has 0 bridgehead atoms. The Morgan fingerprint density at radius 2 is 1.75 bits per heavy atom. The topological polar surface area (TPSA) is 0 Å². The summed E-state index contributed by atoms with van der Waals surface area (Å²) < 4.78 is 0. The van der Waals surface area contributed by atoms with E-state index in [0.717, 1.165) is 0 Å². The molecule has 1 aromatic carbocycles. The van der Waals surface area contributed by atoms with Crippen molar-refractivity contribution >= 4 is 11.1 Å². The Bertz CT molecular complexity index is 200. The SMILES string of the molecule is [Ta]#[P+]c1ccccc1. The zero-order chi connectivity index (χ0) is 5.82. The van der Waals surface area contributed by atoms with Gasteiger partial charge in [0.2, 0.25) is 0 Å². The van der Waals surface area contributed by atoms with Gasteiger partial charge in [0, 0.05) is 0 Å². The molecule has 0 N–H and O–H groups in total. The van der Waals surface area contributed by atoms with E-state index in [1.807, 2.05) is 6.07 Å². The van der Waals surface area contributed by atoms with Gasteiger partial charge in [0.25, 0.3) is 0 Å². The third-order valence-corrected chi connectivity index (χ3v) is 3.89. The van der Waals surface area contributed by atoms with Gasteiger partial charge in [-0.15, -0.1) is 0 Å². The van der Waals surface area contributed by atoms with Gasteiger partial charge in [-0.05, 0) is 0 Å². The third-order valence-electron chi connectivity index (χ3n) is 0.872. The fraction of sp³-hybridized carbons (Fsp3) is 0. The predicted octanol–water partition coefficient (Wildman–Crippen LogP) is 1.72. The molecule has 0 heterocycles. The van der Waals surface area contributed by atoms with Crippen molar-refractivity contribution in [3.63, 3.8) is 0 Å². The van der Waals surface area contributed by atoms with Crippen molar-refractivity contribution < 1.29 is 19.8 Å². The minimum atomic E-state index is 1.43. The molecule has 0 saturated heterocycles. The third kappa shape index (κ3) is 1.72. The zero-order valence-corrected chi connectivity index (χ0v) is 8.39. The molecule has 0 radical (unpaired) electrons. The fourth-order valence-corrected chi connectivity index (χ4v) is 2.24. The summed E-state index contributed by atoms with van der Waals surface area (Å²) in [6.45, 7) is 0. The Morgan fingerprint density at radius 1 is 1.12 bits per heavy atom. The predicted molar refractivity (Wildman–Crippen MR) is 33.0 cm³/mol. The first kappa shape index (κ1) is 6.51. The molecule has 0 fully saturated rings. The summed E-state index contributed by atoms with van der Waals surface area (Å²) in [5.41, 5.74) is 0. The summed E-state index contributed by atoms with van der Waals surface area (Å²) in [7, 11) is 0. The molecule has 0 spiro atoms. The summed E-state index contributed by atoms with van der Waals surface area (Å²) in [5.74, 6) is 1.46. The first-order valence-electron chi connectivity index (χ1n) is 2.33. The van der Waals surface area contributed by atoms with Gasteiger partial charge in [-0.1, -0.05) is 0 Å². The molecule has 0 amide bonds. The van der Waals surface area contributed by atoms with E-state index in [9.17, 15) is 0 Å². The van der Waals surface area contributed by atoms with E-state index in [1.165, 1.54) is 30.9 Å². The summed E-state index contributed by atoms with van der Waals surface area (Å²) in [4.78, 5) is 0. The molecule has 0 aliphatic heterocycles. The molecule has 1 aromatic rings. The average Bonchev–Trinajstić information content (AvgIpc) is 1.90. The second kappa shape index (κ2) is 3.42. The second-order valence-electron chi connectivity index (χ2n) is 1.44. The molecule has 0 aliphatic rings. The van der Waals surface area contributed by atoms with Crippen molar-refractivity contribution in [1.82, 2.24) is 0 Å². The monoisotopic (exact) mass is 289 g/mol. The van der Waals surface area contributed by atoms with Crippen molar-refractivity contribution in [1.29, 1.82) is 0 Å². The van der Waals surface area contributed by atoms with Crippen LogP contribution in [0.5, 0.6) is 0 Å². The van der Waals surface area contributed by atoms with Crippen LogP contribution in [0.4, 0.5) is 0 Å². The Hall–Kier alpha value is 0.390. The number of hydrogen-bond donors (Lipinski definition) is 0. The van der Waals surface area contributed by atoms with Crippen LogP contribution in [-0.2, 0) is 19.8 Å². The van der Waals surface area contributed by atoms with Gasteiger partial charge in [0.05, 0.1) is 0 Å². The Morgan fingerprint density at radius 3 is 2.12 bits per heavy atom. The molecule has 2 heteroatoms. The van der Waals surface area contributed by atoms with E-state index in [-0.39, 0.29) is 0 Å². The van der Waals surface area contributed by atoms with Crippen LogP contribution in [0, 0.1) is 0 Å². The van der Waals surface area contributed by atoms with Crippen LogP contribution in [0.15, 0.2) is 30.3 Å². The zero-order valence-electron chi connectivity index (χ0n) is 4.28. The quantitative estimate of drug-likeness (QED) is 0.638. The second-order valence-corrected chi connectivity index (χ2v) is 4.31.